The highest BCUT2D eigenvalue weighted by molar-refractivity contribution is 9.10. The molecule has 21 heavy (non-hydrogen) atoms. The highest BCUT2D eigenvalue weighted by Gasteiger charge is 2.23. The molecule has 0 unspecified atom stereocenters. The molecule has 3 nitrogen and oxygen atoms in total. The van der Waals surface area contributed by atoms with Gasteiger partial charge in [0.15, 0.2) is 0 Å². The molecule has 0 aliphatic carbocycles. The summed E-state index contributed by atoms with van der Waals surface area (Å²) in [5.41, 5.74) is 1.11. The average Bonchev–Trinajstić information content (AvgIpc) is 2.44. The van der Waals surface area contributed by atoms with E-state index in [2.05, 4.69) is 42.9 Å². The van der Waals surface area contributed by atoms with E-state index in [1.54, 1.807) is 14.2 Å². The molecule has 0 aliphatic heterocycles. The zero-order valence-corrected chi connectivity index (χ0v) is 16.7. The number of methoxy groups -OCH3 is 2. The minimum absolute atomic E-state index is 0.335. The van der Waals surface area contributed by atoms with Crippen LogP contribution in [-0.4, -0.2) is 36.2 Å². The number of benzene rings is 1. The lowest BCUT2D eigenvalue weighted by molar-refractivity contribution is 0.116. The number of halogens is 1. The first-order chi connectivity index (χ1) is 9.81. The Balaban J connectivity index is 2.63. The van der Waals surface area contributed by atoms with E-state index < -0.39 is 8.80 Å². The van der Waals surface area contributed by atoms with Gasteiger partial charge in [0, 0.05) is 21.0 Å². The molecule has 0 amide bonds. The maximum Gasteiger partial charge on any atom is 0.133 e. The Hall–Kier alpha value is -0.523. The Labute approximate surface area is 138 Å². The van der Waals surface area contributed by atoms with Crippen LogP contribution in [0.5, 0.6) is 11.5 Å². The van der Waals surface area contributed by atoms with Crippen LogP contribution in [0.4, 0.5) is 0 Å². The maximum atomic E-state index is 5.89. The minimum Gasteiger partial charge on any atom is -0.496 e. The van der Waals surface area contributed by atoms with Gasteiger partial charge >= 0.3 is 0 Å². The number of rotatable bonds is 8. The van der Waals surface area contributed by atoms with Crippen molar-refractivity contribution in [2.24, 2.45) is 0 Å². The molecule has 0 saturated carbocycles. The van der Waals surface area contributed by atoms with E-state index in [1.165, 1.54) is 0 Å². The quantitative estimate of drug-likeness (QED) is 0.501. The van der Waals surface area contributed by atoms with E-state index in [-0.39, 0.29) is 0 Å². The van der Waals surface area contributed by atoms with Gasteiger partial charge < -0.3 is 14.2 Å². The van der Waals surface area contributed by atoms with E-state index in [4.69, 9.17) is 14.2 Å². The Morgan fingerprint density at radius 2 is 1.71 bits per heavy atom. The molecule has 1 aromatic rings. The molecule has 0 aromatic heterocycles. The molecule has 120 valence electrons. The molecule has 0 heterocycles. The second kappa shape index (κ2) is 8.20. The molecular formula is C16H27BrO3Si. The molecule has 5 heteroatoms. The van der Waals surface area contributed by atoms with Crippen LogP contribution in [0.25, 0.3) is 0 Å². The monoisotopic (exact) mass is 374 g/mol. The van der Waals surface area contributed by atoms with Crippen molar-refractivity contribution in [3.63, 3.8) is 0 Å². The van der Waals surface area contributed by atoms with Crippen LogP contribution in [-0.2, 0) is 11.2 Å². The van der Waals surface area contributed by atoms with Crippen LogP contribution in [0.3, 0.4) is 0 Å². The number of ether oxygens (including phenoxy) is 3. The summed E-state index contributed by atoms with van der Waals surface area (Å²) in [7, 11) is 2.65. The van der Waals surface area contributed by atoms with Crippen LogP contribution >= 0.6 is 15.9 Å². The van der Waals surface area contributed by atoms with Crippen molar-refractivity contribution in [3.05, 3.63) is 22.2 Å². The topological polar surface area (TPSA) is 27.7 Å². The predicted molar refractivity (Wildman–Crippen MR) is 94.7 cm³/mol. The standard InChI is InChI=1S/C16H27BrO3Si/c1-16(2,21(5)6)11-20-8-7-12-9-15(19-4)13(17)10-14(12)18-3/h9-10,21H,7-8,11H2,1-6H3. The Bertz CT molecular complexity index is 461. The number of hydrogen-bond donors (Lipinski definition) is 0. The fourth-order valence-corrected chi connectivity index (χ4v) is 2.74. The lowest BCUT2D eigenvalue weighted by Crippen LogP contribution is -2.26. The van der Waals surface area contributed by atoms with Crippen molar-refractivity contribution in [1.29, 1.82) is 0 Å². The smallest absolute Gasteiger partial charge is 0.133 e. The van der Waals surface area contributed by atoms with Gasteiger partial charge in [-0.15, -0.1) is 0 Å². The van der Waals surface area contributed by atoms with Crippen LogP contribution in [0.2, 0.25) is 18.1 Å². The summed E-state index contributed by atoms with van der Waals surface area (Å²) in [6.07, 6.45) is 0.822. The highest BCUT2D eigenvalue weighted by atomic mass is 79.9. The molecule has 0 radical (unpaired) electrons. The SMILES string of the molecule is COc1cc(CCOCC(C)(C)[SiH](C)C)c(OC)cc1Br. The van der Waals surface area contributed by atoms with Crippen molar-refractivity contribution in [3.8, 4) is 11.5 Å². The average molecular weight is 375 g/mol. The third kappa shape index (κ3) is 5.31. The van der Waals surface area contributed by atoms with E-state index in [0.29, 0.717) is 11.6 Å². The Kier molecular flexibility index (Phi) is 7.23. The summed E-state index contributed by atoms with van der Waals surface area (Å²) in [6, 6.07) is 3.95. The molecule has 0 fully saturated rings. The van der Waals surface area contributed by atoms with Gasteiger partial charge in [0.05, 0.1) is 25.3 Å². The lowest BCUT2D eigenvalue weighted by atomic mass is 10.1. The van der Waals surface area contributed by atoms with Crippen LogP contribution in [0, 0.1) is 0 Å². The molecule has 0 spiro atoms. The van der Waals surface area contributed by atoms with Gasteiger partial charge in [-0.2, -0.15) is 0 Å². The molecule has 0 saturated heterocycles. The predicted octanol–water partition coefficient (Wildman–Crippen LogP) is 4.29. The third-order valence-electron chi connectivity index (χ3n) is 4.11. The summed E-state index contributed by atoms with van der Waals surface area (Å²) < 4.78 is 17.6. The molecule has 1 rings (SSSR count). The first-order valence-electron chi connectivity index (χ1n) is 7.30. The zero-order valence-electron chi connectivity index (χ0n) is 14.0. The van der Waals surface area contributed by atoms with Crippen LogP contribution < -0.4 is 9.47 Å². The highest BCUT2D eigenvalue weighted by Crippen LogP contribution is 2.33. The van der Waals surface area contributed by atoms with Crippen molar-refractivity contribution in [1.82, 2.24) is 0 Å². The summed E-state index contributed by atoms with van der Waals surface area (Å²) in [6.45, 7) is 10.9. The second-order valence-electron chi connectivity index (χ2n) is 6.24. The van der Waals surface area contributed by atoms with Crippen molar-refractivity contribution < 1.29 is 14.2 Å². The zero-order chi connectivity index (χ0) is 16.0. The first-order valence-corrected chi connectivity index (χ1v) is 11.0. The van der Waals surface area contributed by atoms with Gasteiger partial charge in [-0.3, -0.25) is 0 Å². The van der Waals surface area contributed by atoms with Crippen molar-refractivity contribution in [2.45, 2.75) is 38.4 Å². The Morgan fingerprint density at radius 1 is 1.10 bits per heavy atom. The van der Waals surface area contributed by atoms with E-state index in [9.17, 15) is 0 Å². The minimum atomic E-state index is -0.708. The van der Waals surface area contributed by atoms with E-state index in [1.807, 2.05) is 12.1 Å². The van der Waals surface area contributed by atoms with Gasteiger partial charge in [0.1, 0.15) is 11.5 Å². The molecule has 0 bridgehead atoms. The molecule has 1 aromatic carbocycles. The fourth-order valence-electron chi connectivity index (χ4n) is 1.80. The summed E-state index contributed by atoms with van der Waals surface area (Å²) in [5.74, 6) is 1.68. The van der Waals surface area contributed by atoms with E-state index >= 15 is 0 Å². The van der Waals surface area contributed by atoms with Gasteiger partial charge in [-0.05, 0) is 39.5 Å². The van der Waals surface area contributed by atoms with Crippen LogP contribution in [0.1, 0.15) is 19.4 Å². The summed E-state index contributed by atoms with van der Waals surface area (Å²) >= 11 is 3.47. The van der Waals surface area contributed by atoms with E-state index in [0.717, 1.165) is 34.6 Å². The molecule has 0 N–H and O–H groups in total. The van der Waals surface area contributed by atoms with Crippen molar-refractivity contribution >= 4 is 24.7 Å². The molecular weight excluding hydrogens is 348 g/mol. The third-order valence-corrected chi connectivity index (χ3v) is 8.02. The van der Waals surface area contributed by atoms with Crippen molar-refractivity contribution in [2.75, 3.05) is 27.4 Å². The maximum absolute atomic E-state index is 5.89. The normalized spacial score (nSPS) is 11.8. The summed E-state index contributed by atoms with van der Waals surface area (Å²) in [4.78, 5) is 0. The molecule has 0 aliphatic rings. The number of hydrogen-bond acceptors (Lipinski definition) is 3. The first kappa shape index (κ1) is 18.5. The van der Waals surface area contributed by atoms with Gasteiger partial charge in [-0.25, -0.2) is 0 Å². The lowest BCUT2D eigenvalue weighted by Gasteiger charge is -2.27. The van der Waals surface area contributed by atoms with Gasteiger partial charge in [-0.1, -0.05) is 26.9 Å². The van der Waals surface area contributed by atoms with Gasteiger partial charge in [0.25, 0.3) is 0 Å². The van der Waals surface area contributed by atoms with Gasteiger partial charge in [0.2, 0.25) is 0 Å². The Morgan fingerprint density at radius 3 is 2.24 bits per heavy atom. The fraction of sp³-hybridized carbons (Fsp3) is 0.625. The second-order valence-corrected chi connectivity index (χ2v) is 11.0. The summed E-state index contributed by atoms with van der Waals surface area (Å²) in [5, 5.41) is 0.335. The van der Waals surface area contributed by atoms with Crippen LogP contribution in [0.15, 0.2) is 16.6 Å². The molecule has 0 atom stereocenters. The largest absolute Gasteiger partial charge is 0.496 e.